The van der Waals surface area contributed by atoms with Crippen LogP contribution in [0.1, 0.15) is 40.3 Å². The maximum Gasteiger partial charge on any atom is 0.435 e. The lowest BCUT2D eigenvalue weighted by Gasteiger charge is -2.12. The fourth-order valence-corrected chi connectivity index (χ4v) is 3.57. The highest BCUT2D eigenvalue weighted by molar-refractivity contribution is 7.80. The van der Waals surface area contributed by atoms with E-state index in [1.165, 1.54) is 10.2 Å². The van der Waals surface area contributed by atoms with Crippen molar-refractivity contribution in [3.05, 3.63) is 64.2 Å². The number of benzene rings is 1. The van der Waals surface area contributed by atoms with Crippen LogP contribution in [0, 0.1) is 27.7 Å². The van der Waals surface area contributed by atoms with E-state index in [4.69, 9.17) is 12.2 Å². The van der Waals surface area contributed by atoms with E-state index in [9.17, 15) is 13.2 Å². The molecule has 1 aromatic carbocycles. The second-order valence-electron chi connectivity index (χ2n) is 7.82. The first-order valence-corrected chi connectivity index (χ1v) is 10.7. The molecule has 0 bridgehead atoms. The van der Waals surface area contributed by atoms with Gasteiger partial charge in [-0.2, -0.15) is 23.4 Å². The van der Waals surface area contributed by atoms with Gasteiger partial charge in [0.15, 0.2) is 10.8 Å². The van der Waals surface area contributed by atoms with Crippen molar-refractivity contribution >= 4 is 23.0 Å². The lowest BCUT2D eigenvalue weighted by molar-refractivity contribution is -0.141. The Kier molecular flexibility index (Phi) is 7.22. The molecule has 0 saturated heterocycles. The molecule has 0 saturated carbocycles. The SMILES string of the molecule is Cc1ccc(Cn2nc(C)c(NC(=S)NCCCn3nc(C(F)(F)F)cc3C)c2C)cc1. The summed E-state index contributed by atoms with van der Waals surface area (Å²) in [5.41, 5.74) is 4.65. The molecule has 0 atom stereocenters. The monoisotopic (exact) mass is 464 g/mol. The quantitative estimate of drug-likeness (QED) is 0.390. The first-order chi connectivity index (χ1) is 15.0. The topological polar surface area (TPSA) is 59.7 Å². The third kappa shape index (κ3) is 5.87. The number of hydrogen-bond acceptors (Lipinski definition) is 3. The molecule has 6 nitrogen and oxygen atoms in total. The van der Waals surface area contributed by atoms with Crippen LogP contribution >= 0.6 is 12.2 Å². The summed E-state index contributed by atoms with van der Waals surface area (Å²) in [6.07, 6.45) is -3.86. The van der Waals surface area contributed by atoms with Crippen molar-refractivity contribution in [1.29, 1.82) is 0 Å². The number of aryl methyl sites for hydroxylation is 4. The van der Waals surface area contributed by atoms with Crippen molar-refractivity contribution in [2.24, 2.45) is 0 Å². The normalized spacial score (nSPS) is 11.6. The van der Waals surface area contributed by atoms with E-state index < -0.39 is 11.9 Å². The average molecular weight is 465 g/mol. The van der Waals surface area contributed by atoms with Crippen LogP contribution in [-0.4, -0.2) is 31.2 Å². The minimum absolute atomic E-state index is 0.365. The molecule has 0 radical (unpaired) electrons. The van der Waals surface area contributed by atoms with Gasteiger partial charge < -0.3 is 10.6 Å². The van der Waals surface area contributed by atoms with Gasteiger partial charge in [-0.05, 0) is 58.0 Å². The Morgan fingerprint density at radius 3 is 2.34 bits per heavy atom. The van der Waals surface area contributed by atoms with Crippen LogP contribution in [0.25, 0.3) is 0 Å². The molecule has 3 aromatic rings. The Morgan fingerprint density at radius 2 is 1.72 bits per heavy atom. The second kappa shape index (κ2) is 9.72. The Hall–Kier alpha value is -2.88. The molecule has 10 heteroatoms. The highest BCUT2D eigenvalue weighted by Crippen LogP contribution is 2.28. The van der Waals surface area contributed by atoms with Crippen molar-refractivity contribution < 1.29 is 13.2 Å². The molecule has 0 spiro atoms. The number of nitrogens with one attached hydrogen (secondary N) is 2. The first-order valence-electron chi connectivity index (χ1n) is 10.3. The van der Waals surface area contributed by atoms with E-state index in [0.29, 0.717) is 36.9 Å². The molecule has 0 aliphatic heterocycles. The molecule has 3 rings (SSSR count). The van der Waals surface area contributed by atoms with Gasteiger partial charge in [0, 0.05) is 18.8 Å². The van der Waals surface area contributed by atoms with Crippen molar-refractivity contribution in [2.45, 2.75) is 53.4 Å². The summed E-state index contributed by atoms with van der Waals surface area (Å²) < 4.78 is 41.6. The van der Waals surface area contributed by atoms with Crippen molar-refractivity contribution in [1.82, 2.24) is 24.9 Å². The van der Waals surface area contributed by atoms with Crippen LogP contribution in [0.2, 0.25) is 0 Å². The van der Waals surface area contributed by atoms with Crippen LogP contribution in [0.3, 0.4) is 0 Å². The molecule has 0 unspecified atom stereocenters. The van der Waals surface area contributed by atoms with Gasteiger partial charge in [0.05, 0.1) is 23.6 Å². The highest BCUT2D eigenvalue weighted by Gasteiger charge is 2.34. The van der Waals surface area contributed by atoms with Crippen LogP contribution in [0.15, 0.2) is 30.3 Å². The Labute approximate surface area is 190 Å². The van der Waals surface area contributed by atoms with Gasteiger partial charge >= 0.3 is 6.18 Å². The van der Waals surface area contributed by atoms with Crippen LogP contribution in [-0.2, 0) is 19.3 Å². The molecule has 0 fully saturated rings. The van der Waals surface area contributed by atoms with E-state index >= 15 is 0 Å². The largest absolute Gasteiger partial charge is 0.435 e. The number of thiocarbonyl (C=S) groups is 1. The van der Waals surface area contributed by atoms with Crippen molar-refractivity contribution in [3.8, 4) is 0 Å². The number of halogens is 3. The van der Waals surface area contributed by atoms with Crippen LogP contribution in [0.5, 0.6) is 0 Å². The maximum atomic E-state index is 12.8. The second-order valence-corrected chi connectivity index (χ2v) is 8.22. The van der Waals surface area contributed by atoms with E-state index in [0.717, 1.165) is 28.7 Å². The first kappa shape index (κ1) is 23.8. The molecule has 2 N–H and O–H groups in total. The van der Waals surface area contributed by atoms with Gasteiger partial charge in [0.2, 0.25) is 0 Å². The van der Waals surface area contributed by atoms with Gasteiger partial charge in [-0.3, -0.25) is 9.36 Å². The van der Waals surface area contributed by atoms with E-state index in [2.05, 4.69) is 52.0 Å². The summed E-state index contributed by atoms with van der Waals surface area (Å²) in [6, 6.07) is 9.38. The summed E-state index contributed by atoms with van der Waals surface area (Å²) >= 11 is 5.39. The third-order valence-corrected chi connectivity index (χ3v) is 5.42. The minimum Gasteiger partial charge on any atom is -0.362 e. The van der Waals surface area contributed by atoms with Crippen LogP contribution in [0.4, 0.5) is 18.9 Å². The molecule has 0 aliphatic carbocycles. The van der Waals surface area contributed by atoms with E-state index in [1.807, 2.05) is 18.5 Å². The zero-order valence-electron chi connectivity index (χ0n) is 18.5. The van der Waals surface area contributed by atoms with Crippen molar-refractivity contribution in [2.75, 3.05) is 11.9 Å². The molecule has 172 valence electrons. The molecule has 2 heterocycles. The lowest BCUT2D eigenvalue weighted by Crippen LogP contribution is -2.30. The molecule has 2 aromatic heterocycles. The summed E-state index contributed by atoms with van der Waals surface area (Å²) in [5, 5.41) is 15.0. The molecule has 0 aliphatic rings. The zero-order valence-corrected chi connectivity index (χ0v) is 19.4. The van der Waals surface area contributed by atoms with Gasteiger partial charge in [-0.1, -0.05) is 29.8 Å². The Balaban J connectivity index is 1.51. The number of anilines is 1. The van der Waals surface area contributed by atoms with E-state index in [1.54, 1.807) is 6.92 Å². The molecule has 32 heavy (non-hydrogen) atoms. The van der Waals surface area contributed by atoms with Gasteiger partial charge in [0.25, 0.3) is 0 Å². The predicted octanol–water partition coefficient (Wildman–Crippen LogP) is 4.76. The zero-order chi connectivity index (χ0) is 23.5. The van der Waals surface area contributed by atoms with Crippen LogP contribution < -0.4 is 10.6 Å². The highest BCUT2D eigenvalue weighted by atomic mass is 32.1. The fraction of sp³-hybridized carbons (Fsp3) is 0.409. The van der Waals surface area contributed by atoms with E-state index in [-0.39, 0.29) is 0 Å². The van der Waals surface area contributed by atoms with Crippen molar-refractivity contribution in [3.63, 3.8) is 0 Å². The standard InChI is InChI=1S/C22H27F3N6S/c1-14-6-8-18(9-7-14)13-31-17(4)20(16(3)28-31)27-21(32)26-10-5-11-30-15(2)12-19(29-30)22(23,24)25/h6-9,12H,5,10-11,13H2,1-4H3,(H2,26,27,32). The summed E-state index contributed by atoms with van der Waals surface area (Å²) in [4.78, 5) is 0. The molecular weight excluding hydrogens is 437 g/mol. The van der Waals surface area contributed by atoms with Gasteiger partial charge in [-0.15, -0.1) is 0 Å². The number of hydrogen-bond donors (Lipinski definition) is 2. The average Bonchev–Trinajstić information content (AvgIpc) is 3.22. The number of aromatic nitrogens is 4. The Bertz CT molecular complexity index is 1080. The number of alkyl halides is 3. The fourth-order valence-electron chi connectivity index (χ4n) is 3.36. The molecule has 0 amide bonds. The summed E-state index contributed by atoms with van der Waals surface area (Å²) in [6.45, 7) is 9.10. The predicted molar refractivity (Wildman–Crippen MR) is 123 cm³/mol. The molecular formula is C22H27F3N6S. The lowest BCUT2D eigenvalue weighted by atomic mass is 10.1. The smallest absolute Gasteiger partial charge is 0.362 e. The summed E-state index contributed by atoms with van der Waals surface area (Å²) in [7, 11) is 0. The third-order valence-electron chi connectivity index (χ3n) is 5.18. The maximum absolute atomic E-state index is 12.8. The minimum atomic E-state index is -4.43. The Morgan fingerprint density at radius 1 is 1.03 bits per heavy atom. The van der Waals surface area contributed by atoms with Gasteiger partial charge in [0.1, 0.15) is 0 Å². The summed E-state index contributed by atoms with van der Waals surface area (Å²) in [5.74, 6) is 0. The number of rotatable bonds is 7. The number of nitrogens with zero attached hydrogens (tertiary/aromatic N) is 4. The van der Waals surface area contributed by atoms with Gasteiger partial charge in [-0.25, -0.2) is 0 Å².